The number of carbonyl (C=O) groups is 1. The molecule has 2 aromatic rings. The van der Waals surface area contributed by atoms with Crippen molar-refractivity contribution in [3.05, 3.63) is 51.0 Å². The third-order valence-electron chi connectivity index (χ3n) is 2.42. The fourth-order valence-corrected chi connectivity index (χ4v) is 1.96. The van der Waals surface area contributed by atoms with Gasteiger partial charge in [-0.25, -0.2) is 9.59 Å². The number of benzene rings is 1. The maximum atomic E-state index is 11.5. The molecule has 0 aliphatic heterocycles. The zero-order valence-corrected chi connectivity index (χ0v) is 11.0. The fraction of sp³-hybridized carbons (Fsp3) is 0.0833. The summed E-state index contributed by atoms with van der Waals surface area (Å²) < 4.78 is 1.93. The molecule has 0 atom stereocenters. The van der Waals surface area contributed by atoms with Gasteiger partial charge < -0.3 is 9.67 Å². The second-order valence-electron chi connectivity index (χ2n) is 3.71. The van der Waals surface area contributed by atoms with Gasteiger partial charge in [-0.3, -0.25) is 0 Å². The summed E-state index contributed by atoms with van der Waals surface area (Å²) in [6, 6.07) is 6.99. The van der Waals surface area contributed by atoms with Crippen molar-refractivity contribution in [2.24, 2.45) is 7.05 Å². The van der Waals surface area contributed by atoms with E-state index < -0.39 is 11.7 Å². The quantitative estimate of drug-likeness (QED) is 0.920. The van der Waals surface area contributed by atoms with E-state index in [1.54, 1.807) is 18.2 Å². The molecule has 92 valence electrons. The summed E-state index contributed by atoms with van der Waals surface area (Å²) in [6.45, 7) is 0. The number of aromatic nitrogens is 2. The Morgan fingerprint density at radius 1 is 1.44 bits per heavy atom. The van der Waals surface area contributed by atoms with E-state index in [1.807, 2.05) is 6.07 Å². The first-order valence-corrected chi connectivity index (χ1v) is 5.85. The van der Waals surface area contributed by atoms with Crippen LogP contribution in [0.25, 0.3) is 11.3 Å². The molecule has 0 amide bonds. The van der Waals surface area contributed by atoms with Crippen LogP contribution in [-0.2, 0) is 7.05 Å². The molecule has 0 fully saturated rings. The van der Waals surface area contributed by atoms with Gasteiger partial charge in [0.15, 0.2) is 0 Å². The number of carboxylic acids is 1. The van der Waals surface area contributed by atoms with Crippen LogP contribution < -0.4 is 5.69 Å². The molecule has 0 saturated heterocycles. The van der Waals surface area contributed by atoms with Crippen LogP contribution in [0.15, 0.2) is 39.7 Å². The van der Waals surface area contributed by atoms with Gasteiger partial charge in [-0.15, -0.1) is 0 Å². The van der Waals surface area contributed by atoms with Crippen molar-refractivity contribution >= 4 is 21.9 Å². The lowest BCUT2D eigenvalue weighted by Crippen LogP contribution is -2.22. The smallest absolute Gasteiger partial charge is 0.347 e. The Morgan fingerprint density at radius 2 is 2.17 bits per heavy atom. The molecule has 0 saturated carbocycles. The van der Waals surface area contributed by atoms with E-state index in [0.717, 1.165) is 9.04 Å². The molecule has 0 aliphatic rings. The Hall–Kier alpha value is -1.95. The molecule has 1 aromatic heterocycles. The highest BCUT2D eigenvalue weighted by atomic mass is 79.9. The van der Waals surface area contributed by atoms with Crippen molar-refractivity contribution in [2.45, 2.75) is 0 Å². The Morgan fingerprint density at radius 3 is 2.78 bits per heavy atom. The van der Waals surface area contributed by atoms with Crippen molar-refractivity contribution in [1.82, 2.24) is 9.55 Å². The second-order valence-corrected chi connectivity index (χ2v) is 4.63. The van der Waals surface area contributed by atoms with Crippen LogP contribution in [0.1, 0.15) is 10.4 Å². The number of hydrogen-bond donors (Lipinski definition) is 1. The van der Waals surface area contributed by atoms with Gasteiger partial charge in [-0.2, -0.15) is 4.98 Å². The molecule has 0 radical (unpaired) electrons. The van der Waals surface area contributed by atoms with Gasteiger partial charge in [0.25, 0.3) is 0 Å². The predicted octanol–water partition coefficient (Wildman–Crippen LogP) is 1.91. The van der Waals surface area contributed by atoms with Crippen LogP contribution in [0.2, 0.25) is 0 Å². The molecule has 1 heterocycles. The van der Waals surface area contributed by atoms with Crippen LogP contribution in [0.3, 0.4) is 0 Å². The van der Waals surface area contributed by atoms with Crippen molar-refractivity contribution in [3.63, 3.8) is 0 Å². The Balaban J connectivity index is 2.74. The summed E-state index contributed by atoms with van der Waals surface area (Å²) in [5, 5.41) is 9.14. The van der Waals surface area contributed by atoms with Crippen molar-refractivity contribution < 1.29 is 9.90 Å². The highest BCUT2D eigenvalue weighted by Crippen LogP contribution is 2.23. The molecule has 0 unspecified atom stereocenters. The third kappa shape index (κ3) is 2.33. The highest BCUT2D eigenvalue weighted by molar-refractivity contribution is 9.10. The molecule has 5 nitrogen and oxygen atoms in total. The van der Waals surface area contributed by atoms with E-state index in [2.05, 4.69) is 20.9 Å². The lowest BCUT2D eigenvalue weighted by molar-refractivity contribution is 0.0696. The minimum Gasteiger partial charge on any atom is -0.478 e. The van der Waals surface area contributed by atoms with E-state index >= 15 is 0 Å². The van der Waals surface area contributed by atoms with Crippen LogP contribution >= 0.6 is 15.9 Å². The first kappa shape index (κ1) is 12.5. The molecule has 0 bridgehead atoms. The zero-order chi connectivity index (χ0) is 13.3. The summed E-state index contributed by atoms with van der Waals surface area (Å²) in [5.41, 5.74) is 0.261. The number of aryl methyl sites for hydroxylation is 1. The van der Waals surface area contributed by atoms with Gasteiger partial charge in [0.05, 0.1) is 5.69 Å². The standard InChI is InChI=1S/C12H9BrN2O3/c1-15-6-9(11(16)17)10(14-12(15)18)7-3-2-4-8(13)5-7/h2-6H,1H3,(H,16,17). The number of halogens is 1. The molecule has 0 aliphatic carbocycles. The van der Waals surface area contributed by atoms with Crippen LogP contribution in [0.5, 0.6) is 0 Å². The Bertz CT molecular complexity index is 679. The van der Waals surface area contributed by atoms with E-state index in [-0.39, 0.29) is 11.3 Å². The molecule has 2 rings (SSSR count). The van der Waals surface area contributed by atoms with Crippen molar-refractivity contribution in [3.8, 4) is 11.3 Å². The fourth-order valence-electron chi connectivity index (χ4n) is 1.56. The molecular formula is C12H9BrN2O3. The summed E-state index contributed by atoms with van der Waals surface area (Å²) >= 11 is 3.30. The second kappa shape index (κ2) is 4.73. The zero-order valence-electron chi connectivity index (χ0n) is 9.42. The lowest BCUT2D eigenvalue weighted by atomic mass is 10.1. The van der Waals surface area contributed by atoms with Gasteiger partial charge in [0, 0.05) is 23.3 Å². The SMILES string of the molecule is Cn1cc(C(=O)O)c(-c2cccc(Br)c2)nc1=O. The van der Waals surface area contributed by atoms with Gasteiger partial charge in [0.2, 0.25) is 0 Å². The van der Waals surface area contributed by atoms with E-state index in [4.69, 9.17) is 5.11 Å². The maximum absolute atomic E-state index is 11.5. The van der Waals surface area contributed by atoms with Gasteiger partial charge >= 0.3 is 11.7 Å². The first-order chi connectivity index (χ1) is 8.49. The van der Waals surface area contributed by atoms with E-state index in [9.17, 15) is 9.59 Å². The summed E-state index contributed by atoms with van der Waals surface area (Å²) in [6.07, 6.45) is 1.27. The largest absolute Gasteiger partial charge is 0.478 e. The monoisotopic (exact) mass is 308 g/mol. The number of carboxylic acid groups (broad SMARTS) is 1. The third-order valence-corrected chi connectivity index (χ3v) is 2.91. The minimum atomic E-state index is -1.12. The Labute approximate surface area is 111 Å². The molecular weight excluding hydrogens is 300 g/mol. The number of hydrogen-bond acceptors (Lipinski definition) is 3. The van der Waals surface area contributed by atoms with Gasteiger partial charge in [-0.1, -0.05) is 28.1 Å². The maximum Gasteiger partial charge on any atom is 0.347 e. The van der Waals surface area contributed by atoms with E-state index in [1.165, 1.54) is 13.2 Å². The predicted molar refractivity (Wildman–Crippen MR) is 69.6 cm³/mol. The number of rotatable bonds is 2. The van der Waals surface area contributed by atoms with Gasteiger partial charge in [0.1, 0.15) is 5.56 Å². The number of nitrogens with zero attached hydrogens (tertiary/aromatic N) is 2. The Kier molecular flexibility index (Phi) is 3.29. The molecule has 1 N–H and O–H groups in total. The average molecular weight is 309 g/mol. The van der Waals surface area contributed by atoms with Gasteiger partial charge in [-0.05, 0) is 12.1 Å². The number of aromatic carboxylic acids is 1. The topological polar surface area (TPSA) is 72.2 Å². The summed E-state index contributed by atoms with van der Waals surface area (Å²) in [4.78, 5) is 26.5. The first-order valence-electron chi connectivity index (χ1n) is 5.06. The minimum absolute atomic E-state index is 0.00444. The average Bonchev–Trinajstić information content (AvgIpc) is 2.31. The van der Waals surface area contributed by atoms with Crippen LogP contribution in [-0.4, -0.2) is 20.6 Å². The summed E-state index contributed by atoms with van der Waals surface area (Å²) in [5.74, 6) is -1.12. The molecule has 0 spiro atoms. The summed E-state index contributed by atoms with van der Waals surface area (Å²) in [7, 11) is 1.46. The van der Waals surface area contributed by atoms with E-state index in [0.29, 0.717) is 5.56 Å². The highest BCUT2D eigenvalue weighted by Gasteiger charge is 2.15. The van der Waals surface area contributed by atoms with Crippen LogP contribution in [0.4, 0.5) is 0 Å². The normalized spacial score (nSPS) is 10.3. The molecule has 18 heavy (non-hydrogen) atoms. The molecule has 1 aromatic carbocycles. The van der Waals surface area contributed by atoms with Crippen LogP contribution in [0, 0.1) is 0 Å². The lowest BCUT2D eigenvalue weighted by Gasteiger charge is -2.07. The molecule has 6 heteroatoms. The van der Waals surface area contributed by atoms with Crippen molar-refractivity contribution in [2.75, 3.05) is 0 Å². The van der Waals surface area contributed by atoms with Crippen molar-refractivity contribution in [1.29, 1.82) is 0 Å².